The van der Waals surface area contributed by atoms with Gasteiger partial charge in [-0.1, -0.05) is 39.0 Å². The number of para-hydroxylation sites is 1. The first kappa shape index (κ1) is 34.8. The molecule has 0 radical (unpaired) electrons. The summed E-state index contributed by atoms with van der Waals surface area (Å²) in [4.78, 5) is 28.8. The maximum atomic E-state index is 14.5. The number of fused-ring (bicyclic) bond motifs is 7. The summed E-state index contributed by atoms with van der Waals surface area (Å²) in [5.41, 5.74) is 2.28. The van der Waals surface area contributed by atoms with E-state index in [1.54, 1.807) is 6.08 Å². The van der Waals surface area contributed by atoms with Gasteiger partial charge in [0.25, 0.3) is 0 Å². The monoisotopic (exact) mass is 741 g/mol. The Labute approximate surface area is 320 Å². The van der Waals surface area contributed by atoms with Crippen molar-refractivity contribution in [3.63, 3.8) is 0 Å². The first-order chi connectivity index (χ1) is 25.8. The summed E-state index contributed by atoms with van der Waals surface area (Å²) in [5, 5.41) is 37.5. The molecule has 3 N–H and O–H groups in total. The number of anilines is 1. The number of ether oxygens (including phenoxy) is 2. The van der Waals surface area contributed by atoms with Gasteiger partial charge in [0.1, 0.15) is 18.8 Å². The van der Waals surface area contributed by atoms with Gasteiger partial charge in [0.2, 0.25) is 0 Å². The third-order valence-corrected chi connectivity index (χ3v) is 19.8. The molecule has 0 amide bonds. The van der Waals surface area contributed by atoms with Gasteiger partial charge in [0.15, 0.2) is 12.8 Å². The fourth-order valence-electron chi connectivity index (χ4n) is 17.6. The number of aliphatic hydroxyl groups excluding tert-OH is 2. The van der Waals surface area contributed by atoms with E-state index in [1.807, 2.05) is 0 Å². The zero-order valence-corrected chi connectivity index (χ0v) is 32.7. The van der Waals surface area contributed by atoms with E-state index < -0.39 is 17.9 Å². The van der Waals surface area contributed by atoms with Crippen molar-refractivity contribution >= 4 is 17.6 Å². The van der Waals surface area contributed by atoms with Crippen molar-refractivity contribution in [1.29, 1.82) is 0 Å². The van der Waals surface area contributed by atoms with Crippen molar-refractivity contribution in [2.75, 3.05) is 25.1 Å². The van der Waals surface area contributed by atoms with E-state index in [4.69, 9.17) is 9.47 Å². The number of rotatable bonds is 5. The Bertz CT molecular complexity index is 1830. The minimum atomic E-state index is -0.739. The van der Waals surface area contributed by atoms with Gasteiger partial charge in [0, 0.05) is 48.9 Å². The minimum Gasteiger partial charge on any atom is -0.458 e. The molecule has 0 unspecified atom stereocenters. The van der Waals surface area contributed by atoms with Crippen LogP contribution in [-0.2, 0) is 24.5 Å². The molecule has 292 valence electrons. The number of likely N-dealkylation sites (N-methyl/N-ethyl adjacent to an activating group) is 1. The normalized spacial score (nSPS) is 54.4. The standard InChI is InChI=1S/C45H61N2O7/c1-5-27-28-20-34-39-44(32-8-6-7-9-33(32)46(39)4)21-35(38(28)40(44)50)47(34,41(27)51)22-37(49)54-26-12-15-42(2)25(19-26)10-11-31-30(42)13-16-43(3)29(14-17-45(31,43)52)24-18-36(48)53-23-24/h6-9,18,25-31,34-35,38-41,50-52H,5,10-17,19-23H2,1-4H3/q+1/t25-,26-,27-,28-,29+,30+,31+,34-,35-,38+,39-,40-,41+,42-,43+,44-,45-,47+/m0/s1. The van der Waals surface area contributed by atoms with Gasteiger partial charge in [-0.15, -0.1) is 0 Å². The molecule has 54 heavy (non-hydrogen) atoms. The number of hydrogen-bond acceptors (Lipinski definition) is 8. The lowest BCUT2D eigenvalue weighted by atomic mass is 9.43. The second-order valence-electron chi connectivity index (χ2n) is 20.7. The van der Waals surface area contributed by atoms with Crippen LogP contribution in [0.2, 0.25) is 0 Å². The van der Waals surface area contributed by atoms with Crippen LogP contribution >= 0.6 is 0 Å². The lowest BCUT2D eigenvalue weighted by Gasteiger charge is -2.67. The van der Waals surface area contributed by atoms with Crippen molar-refractivity contribution in [2.45, 2.75) is 145 Å². The molecule has 5 saturated carbocycles. The van der Waals surface area contributed by atoms with Crippen molar-refractivity contribution in [3.05, 3.63) is 41.5 Å². The molecule has 6 aliphatic heterocycles. The van der Waals surface area contributed by atoms with Crippen molar-refractivity contribution < 1.29 is 38.9 Å². The summed E-state index contributed by atoms with van der Waals surface area (Å²) < 4.78 is 12.3. The Kier molecular flexibility index (Phi) is 7.17. The highest BCUT2D eigenvalue weighted by molar-refractivity contribution is 5.85. The first-order valence-electron chi connectivity index (χ1n) is 21.7. The van der Waals surface area contributed by atoms with Crippen LogP contribution in [0, 0.1) is 52.3 Å². The average Bonchev–Trinajstić information content (AvgIpc) is 3.83. The molecule has 18 atom stereocenters. The highest BCUT2D eigenvalue weighted by Crippen LogP contribution is 2.73. The van der Waals surface area contributed by atoms with Gasteiger partial charge in [0.05, 0.1) is 29.2 Å². The summed E-state index contributed by atoms with van der Waals surface area (Å²) in [6, 6.07) is 8.74. The summed E-state index contributed by atoms with van der Waals surface area (Å²) in [6.07, 6.45) is 11.5. The Hall–Kier alpha value is -2.46. The van der Waals surface area contributed by atoms with E-state index >= 15 is 0 Å². The minimum absolute atomic E-state index is 0.0370. The topological polar surface area (TPSA) is 117 Å². The fraction of sp³-hybridized carbons (Fsp3) is 0.778. The molecule has 9 heteroatoms. The molecule has 12 rings (SSSR count). The van der Waals surface area contributed by atoms with E-state index in [-0.39, 0.29) is 88.5 Å². The Morgan fingerprint density at radius 1 is 1.02 bits per heavy atom. The van der Waals surface area contributed by atoms with Crippen LogP contribution in [0.3, 0.4) is 0 Å². The lowest BCUT2D eigenvalue weighted by Crippen LogP contribution is -2.83. The highest BCUT2D eigenvalue weighted by atomic mass is 16.5. The SMILES string of the molecule is CC[C@H]1[C@@H]2C[C@H]3[C@@H]4N(C)c5ccccc5[C@@]45C[C@@H]([C@@H]2[C@@H]5O)[N@+]3(CC(=O)O[C@H]2CC[C@@]3(C)[C@@H](CC[C@@H]4[C@H]3CC[C@]3(C)[C@@H](C5=CC(=O)OC5)CC[C@]43O)C2)[C@@H]1O. The third-order valence-electron chi connectivity index (χ3n) is 19.8. The average molecular weight is 742 g/mol. The quantitative estimate of drug-likeness (QED) is 0.278. The smallest absolute Gasteiger partial charge is 0.362 e. The molecule has 1 spiro atoms. The van der Waals surface area contributed by atoms with Gasteiger partial charge >= 0.3 is 11.9 Å². The van der Waals surface area contributed by atoms with Crippen LogP contribution < -0.4 is 4.90 Å². The number of cyclic esters (lactones) is 1. The largest absolute Gasteiger partial charge is 0.458 e. The fourth-order valence-corrected chi connectivity index (χ4v) is 17.6. The number of hydrogen-bond donors (Lipinski definition) is 3. The number of quaternary nitrogens is 1. The van der Waals surface area contributed by atoms with E-state index in [9.17, 15) is 24.9 Å². The number of carbonyl (C=O) groups excluding carboxylic acids is 2. The van der Waals surface area contributed by atoms with Crippen LogP contribution in [0.4, 0.5) is 5.69 Å². The summed E-state index contributed by atoms with van der Waals surface area (Å²) in [6.45, 7) is 7.48. The molecule has 9 nitrogen and oxygen atoms in total. The number of benzene rings is 1. The van der Waals surface area contributed by atoms with Gasteiger partial charge in [-0.25, -0.2) is 9.59 Å². The zero-order valence-electron chi connectivity index (χ0n) is 32.7. The predicted molar refractivity (Wildman–Crippen MR) is 201 cm³/mol. The summed E-state index contributed by atoms with van der Waals surface area (Å²) >= 11 is 0. The van der Waals surface area contributed by atoms with Crippen LogP contribution in [0.1, 0.15) is 103 Å². The molecule has 6 heterocycles. The Morgan fingerprint density at radius 3 is 2.61 bits per heavy atom. The molecular weight excluding hydrogens is 681 g/mol. The molecule has 5 bridgehead atoms. The highest BCUT2D eigenvalue weighted by Gasteiger charge is 2.83. The molecule has 4 saturated heterocycles. The van der Waals surface area contributed by atoms with Crippen molar-refractivity contribution in [3.8, 4) is 0 Å². The van der Waals surface area contributed by atoms with E-state index in [2.05, 4.69) is 57.0 Å². The molecule has 11 aliphatic rings. The maximum Gasteiger partial charge on any atom is 0.362 e. The number of carbonyl (C=O) groups is 2. The van der Waals surface area contributed by atoms with Crippen LogP contribution in [-0.4, -0.2) is 94.1 Å². The van der Waals surface area contributed by atoms with Crippen LogP contribution in [0.25, 0.3) is 0 Å². The molecule has 5 aliphatic carbocycles. The second kappa shape index (κ2) is 11.1. The van der Waals surface area contributed by atoms with Crippen molar-refractivity contribution in [1.82, 2.24) is 0 Å². The molecule has 1 aromatic carbocycles. The van der Waals surface area contributed by atoms with Gasteiger partial charge < -0.3 is 29.7 Å². The van der Waals surface area contributed by atoms with E-state index in [0.717, 1.165) is 82.6 Å². The van der Waals surface area contributed by atoms with Gasteiger partial charge in [-0.05, 0) is 116 Å². The Morgan fingerprint density at radius 2 is 1.83 bits per heavy atom. The molecule has 9 fully saturated rings. The number of aliphatic hydroxyl groups is 3. The summed E-state index contributed by atoms with van der Waals surface area (Å²) in [7, 11) is 2.17. The van der Waals surface area contributed by atoms with Crippen LogP contribution in [0.15, 0.2) is 35.9 Å². The summed E-state index contributed by atoms with van der Waals surface area (Å²) in [5.74, 6) is 1.32. The first-order valence-corrected chi connectivity index (χ1v) is 21.7. The van der Waals surface area contributed by atoms with Crippen LogP contribution in [0.5, 0.6) is 0 Å². The van der Waals surface area contributed by atoms with E-state index in [0.29, 0.717) is 22.9 Å². The van der Waals surface area contributed by atoms with E-state index in [1.165, 1.54) is 11.3 Å². The second-order valence-corrected chi connectivity index (χ2v) is 20.7. The Balaban J connectivity index is 0.829. The maximum absolute atomic E-state index is 14.5. The third kappa shape index (κ3) is 3.88. The predicted octanol–water partition coefficient (Wildman–Crippen LogP) is 5.24. The van der Waals surface area contributed by atoms with Gasteiger partial charge in [-0.3, -0.25) is 4.48 Å². The van der Waals surface area contributed by atoms with Gasteiger partial charge in [-0.2, -0.15) is 0 Å². The lowest BCUT2D eigenvalue weighted by molar-refractivity contribution is -1.03. The van der Waals surface area contributed by atoms with Crippen molar-refractivity contribution in [2.24, 2.45) is 52.3 Å². The number of nitrogens with zero attached hydrogens (tertiary/aromatic N) is 2. The number of piperidine rings is 4. The molecule has 1 aromatic rings. The zero-order chi connectivity index (χ0) is 37.3. The number of esters is 2. The molecular formula is C45H61N2O7+. The molecule has 0 aromatic heterocycles.